The van der Waals surface area contributed by atoms with Crippen LogP contribution in [-0.4, -0.2) is 23.1 Å². The highest BCUT2D eigenvalue weighted by atomic mass is 16.5. The van der Waals surface area contributed by atoms with Crippen molar-refractivity contribution < 1.29 is 18.9 Å². The van der Waals surface area contributed by atoms with Crippen LogP contribution in [0.4, 0.5) is 0 Å². The van der Waals surface area contributed by atoms with Gasteiger partial charge >= 0.3 is 11.9 Å². The molecule has 0 bridgehead atoms. The summed E-state index contributed by atoms with van der Waals surface area (Å²) < 4.78 is 8.31. The van der Waals surface area contributed by atoms with Gasteiger partial charge in [-0.15, -0.1) is 0 Å². The zero-order valence-electron chi connectivity index (χ0n) is 12.7. The molecular formula is C17H19N2O3+. The van der Waals surface area contributed by atoms with E-state index in [0.717, 1.165) is 11.1 Å². The second-order valence-corrected chi connectivity index (χ2v) is 4.84. The van der Waals surface area contributed by atoms with Crippen LogP contribution in [0, 0.1) is 0 Å². The summed E-state index contributed by atoms with van der Waals surface area (Å²) in [6.45, 7) is 4.32. The standard InChI is InChI=1S/C17H19N2O3/c1-3-22-17(21)8-7-15-5-4-6-16(11-15)12-18-9-10-19(13-18)14(2)20/h4-11,13H,3,12H2,1-2H3/q+1. The van der Waals surface area contributed by atoms with Gasteiger partial charge in [0.15, 0.2) is 0 Å². The number of esters is 1. The number of carbonyl (C=O) groups is 2. The highest BCUT2D eigenvalue weighted by molar-refractivity contribution is 5.87. The van der Waals surface area contributed by atoms with Crippen LogP contribution in [0.15, 0.2) is 49.1 Å². The van der Waals surface area contributed by atoms with E-state index in [4.69, 9.17) is 4.74 Å². The second-order valence-electron chi connectivity index (χ2n) is 4.84. The van der Waals surface area contributed by atoms with Crippen LogP contribution >= 0.6 is 0 Å². The van der Waals surface area contributed by atoms with Crippen molar-refractivity contribution in [3.63, 3.8) is 0 Å². The molecule has 1 heterocycles. The first-order chi connectivity index (χ1) is 10.6. The fourth-order valence-electron chi connectivity index (χ4n) is 2.03. The molecule has 0 aliphatic heterocycles. The Morgan fingerprint density at radius 1 is 1.36 bits per heavy atom. The summed E-state index contributed by atoms with van der Waals surface area (Å²) in [6.07, 6.45) is 8.48. The van der Waals surface area contributed by atoms with Gasteiger partial charge in [0.2, 0.25) is 0 Å². The Hall–Kier alpha value is -2.69. The molecule has 5 heteroatoms. The normalized spacial score (nSPS) is 10.8. The Balaban J connectivity index is 2.07. The minimum Gasteiger partial charge on any atom is -0.463 e. The van der Waals surface area contributed by atoms with Gasteiger partial charge in [-0.05, 0) is 30.2 Å². The molecule has 0 aliphatic rings. The first-order valence-corrected chi connectivity index (χ1v) is 7.10. The SMILES string of the molecule is CCOC(=O)C=Cc1cccc(C[n+]2ccn(C(C)=O)c2)c1. The van der Waals surface area contributed by atoms with Crippen LogP contribution in [-0.2, 0) is 16.1 Å². The van der Waals surface area contributed by atoms with Crippen molar-refractivity contribution in [3.05, 3.63) is 60.2 Å². The van der Waals surface area contributed by atoms with Crippen molar-refractivity contribution in [2.45, 2.75) is 20.4 Å². The molecule has 0 fully saturated rings. The molecule has 0 saturated heterocycles. The molecule has 2 aromatic rings. The summed E-state index contributed by atoms with van der Waals surface area (Å²) in [5.41, 5.74) is 2.01. The minimum atomic E-state index is -0.346. The summed E-state index contributed by atoms with van der Waals surface area (Å²) in [4.78, 5) is 22.6. The van der Waals surface area contributed by atoms with E-state index < -0.39 is 0 Å². The minimum absolute atomic E-state index is 0.0233. The average Bonchev–Trinajstić information content (AvgIpc) is 2.95. The van der Waals surface area contributed by atoms with Crippen LogP contribution < -0.4 is 4.57 Å². The van der Waals surface area contributed by atoms with Crippen molar-refractivity contribution in [1.82, 2.24) is 4.57 Å². The van der Waals surface area contributed by atoms with Crippen molar-refractivity contribution in [2.24, 2.45) is 0 Å². The topological polar surface area (TPSA) is 52.2 Å². The van der Waals surface area contributed by atoms with E-state index in [0.29, 0.717) is 13.2 Å². The smallest absolute Gasteiger partial charge is 0.330 e. The van der Waals surface area contributed by atoms with Crippen LogP contribution in [0.3, 0.4) is 0 Å². The Labute approximate surface area is 129 Å². The van der Waals surface area contributed by atoms with E-state index in [2.05, 4.69) is 0 Å². The summed E-state index contributed by atoms with van der Waals surface area (Å²) in [5.74, 6) is -0.370. The average molecular weight is 299 g/mol. The molecule has 0 unspecified atom stereocenters. The highest BCUT2D eigenvalue weighted by Gasteiger charge is 2.08. The fraction of sp³-hybridized carbons (Fsp3) is 0.235. The molecule has 0 amide bonds. The monoisotopic (exact) mass is 299 g/mol. The van der Waals surface area contributed by atoms with E-state index in [-0.39, 0.29) is 11.9 Å². The molecule has 22 heavy (non-hydrogen) atoms. The fourth-order valence-corrected chi connectivity index (χ4v) is 2.03. The lowest BCUT2D eigenvalue weighted by Crippen LogP contribution is -2.31. The van der Waals surface area contributed by atoms with E-state index in [9.17, 15) is 9.59 Å². The quantitative estimate of drug-likeness (QED) is 0.482. The van der Waals surface area contributed by atoms with Gasteiger partial charge in [-0.3, -0.25) is 0 Å². The molecule has 0 radical (unpaired) electrons. The van der Waals surface area contributed by atoms with Gasteiger partial charge < -0.3 is 4.74 Å². The van der Waals surface area contributed by atoms with E-state index in [1.165, 1.54) is 17.6 Å². The Bertz CT molecular complexity index is 701. The van der Waals surface area contributed by atoms with Crippen molar-refractivity contribution in [1.29, 1.82) is 0 Å². The van der Waals surface area contributed by atoms with Crippen molar-refractivity contribution in [3.8, 4) is 0 Å². The zero-order chi connectivity index (χ0) is 15.9. The molecule has 2 rings (SSSR count). The maximum absolute atomic E-state index is 11.3. The van der Waals surface area contributed by atoms with E-state index in [1.807, 2.05) is 35.0 Å². The van der Waals surface area contributed by atoms with Crippen molar-refractivity contribution in [2.75, 3.05) is 6.61 Å². The molecule has 1 aromatic carbocycles. The Morgan fingerprint density at radius 2 is 2.18 bits per heavy atom. The maximum atomic E-state index is 11.3. The molecule has 1 aromatic heterocycles. The molecule has 0 aliphatic carbocycles. The van der Waals surface area contributed by atoms with Crippen LogP contribution in [0.5, 0.6) is 0 Å². The first kappa shape index (κ1) is 15.7. The number of carbonyl (C=O) groups excluding carboxylic acids is 2. The zero-order valence-corrected chi connectivity index (χ0v) is 12.7. The lowest BCUT2D eigenvalue weighted by Gasteiger charge is -2.00. The van der Waals surface area contributed by atoms with Crippen LogP contribution in [0.1, 0.15) is 29.8 Å². The van der Waals surface area contributed by atoms with Crippen LogP contribution in [0.2, 0.25) is 0 Å². The number of imidazole rings is 1. The lowest BCUT2D eigenvalue weighted by atomic mass is 10.1. The predicted octanol–water partition coefficient (Wildman–Crippen LogP) is 2.06. The van der Waals surface area contributed by atoms with Gasteiger partial charge in [0, 0.05) is 13.0 Å². The number of ether oxygens (including phenoxy) is 1. The summed E-state index contributed by atoms with van der Waals surface area (Å²) in [7, 11) is 0. The number of nitrogens with zero attached hydrogens (tertiary/aromatic N) is 2. The molecular weight excluding hydrogens is 280 g/mol. The number of hydrogen-bond donors (Lipinski definition) is 0. The van der Waals surface area contributed by atoms with Gasteiger partial charge in [-0.2, -0.15) is 4.57 Å². The molecule has 114 valence electrons. The van der Waals surface area contributed by atoms with Gasteiger partial charge in [-0.1, -0.05) is 18.2 Å². The second kappa shape index (κ2) is 7.36. The van der Waals surface area contributed by atoms with Crippen LogP contribution in [0.25, 0.3) is 6.08 Å². The van der Waals surface area contributed by atoms with Gasteiger partial charge in [0.1, 0.15) is 18.9 Å². The molecule has 0 saturated carbocycles. The summed E-state index contributed by atoms with van der Waals surface area (Å²) in [5, 5.41) is 0. The third-order valence-electron chi connectivity index (χ3n) is 3.07. The third-order valence-corrected chi connectivity index (χ3v) is 3.07. The molecule has 5 nitrogen and oxygen atoms in total. The summed E-state index contributed by atoms with van der Waals surface area (Å²) >= 11 is 0. The van der Waals surface area contributed by atoms with Gasteiger partial charge in [0.25, 0.3) is 6.33 Å². The number of benzene rings is 1. The van der Waals surface area contributed by atoms with Gasteiger partial charge in [-0.25, -0.2) is 14.2 Å². The summed E-state index contributed by atoms with van der Waals surface area (Å²) in [6, 6.07) is 7.85. The lowest BCUT2D eigenvalue weighted by molar-refractivity contribution is -0.687. The first-order valence-electron chi connectivity index (χ1n) is 7.10. The van der Waals surface area contributed by atoms with Crippen molar-refractivity contribution >= 4 is 18.0 Å². The molecule has 0 atom stereocenters. The highest BCUT2D eigenvalue weighted by Crippen LogP contribution is 2.07. The largest absolute Gasteiger partial charge is 0.463 e. The van der Waals surface area contributed by atoms with E-state index in [1.54, 1.807) is 25.5 Å². The Kier molecular flexibility index (Phi) is 5.25. The third kappa shape index (κ3) is 4.41. The number of hydrogen-bond acceptors (Lipinski definition) is 3. The predicted molar refractivity (Wildman–Crippen MR) is 82.1 cm³/mol. The number of rotatable bonds is 5. The Morgan fingerprint density at radius 3 is 2.86 bits per heavy atom. The molecule has 0 N–H and O–H groups in total. The van der Waals surface area contributed by atoms with Gasteiger partial charge in [0.05, 0.1) is 6.61 Å². The maximum Gasteiger partial charge on any atom is 0.330 e. The number of aromatic nitrogens is 2. The molecule has 0 spiro atoms. The van der Waals surface area contributed by atoms with E-state index >= 15 is 0 Å².